The highest BCUT2D eigenvalue weighted by Crippen LogP contribution is 2.30. The Bertz CT molecular complexity index is 800. The summed E-state index contributed by atoms with van der Waals surface area (Å²) < 4.78 is 12.9. The molecule has 4 nitrogen and oxygen atoms in total. The molecule has 0 unspecified atom stereocenters. The summed E-state index contributed by atoms with van der Waals surface area (Å²) >= 11 is 1.12. The van der Waals surface area contributed by atoms with Crippen LogP contribution in [0.2, 0.25) is 0 Å². The first kappa shape index (κ1) is 14.2. The number of anilines is 2. The number of thiazole rings is 1. The Morgan fingerprint density at radius 1 is 1.09 bits per heavy atom. The normalized spacial score (nSPS) is 10.4. The monoisotopic (exact) mass is 313 g/mol. The largest absolute Gasteiger partial charge is 0.375 e. The van der Waals surface area contributed by atoms with Crippen LogP contribution in [0.1, 0.15) is 9.67 Å². The van der Waals surface area contributed by atoms with Gasteiger partial charge < -0.3 is 11.1 Å². The molecule has 2 aromatic carbocycles. The second-order valence-electron chi connectivity index (χ2n) is 4.56. The number of nitrogens with two attached hydrogens (primary N) is 1. The number of hydrogen-bond acceptors (Lipinski definition) is 4. The molecule has 0 spiro atoms. The van der Waals surface area contributed by atoms with Gasteiger partial charge in [0.1, 0.15) is 10.7 Å². The third-order valence-electron chi connectivity index (χ3n) is 3.00. The third kappa shape index (κ3) is 2.96. The number of rotatable bonds is 3. The highest BCUT2D eigenvalue weighted by atomic mass is 32.1. The minimum absolute atomic E-state index is 0.320. The fourth-order valence-electron chi connectivity index (χ4n) is 2.00. The SMILES string of the molecule is Nc1nc(-c2ccccc2)c(C(=O)Nc2ccc(F)cc2)s1. The van der Waals surface area contributed by atoms with Gasteiger partial charge in [0.2, 0.25) is 0 Å². The van der Waals surface area contributed by atoms with Crippen LogP contribution in [-0.2, 0) is 0 Å². The van der Waals surface area contributed by atoms with Gasteiger partial charge in [-0.1, -0.05) is 41.7 Å². The van der Waals surface area contributed by atoms with Crippen molar-refractivity contribution in [2.24, 2.45) is 0 Å². The van der Waals surface area contributed by atoms with Crippen molar-refractivity contribution in [1.29, 1.82) is 0 Å². The van der Waals surface area contributed by atoms with E-state index >= 15 is 0 Å². The smallest absolute Gasteiger partial charge is 0.268 e. The van der Waals surface area contributed by atoms with Gasteiger partial charge in [0.05, 0.1) is 5.69 Å². The Kier molecular flexibility index (Phi) is 3.84. The van der Waals surface area contributed by atoms with Crippen molar-refractivity contribution in [3.05, 3.63) is 65.3 Å². The van der Waals surface area contributed by atoms with E-state index in [2.05, 4.69) is 10.3 Å². The number of nitrogens with zero attached hydrogens (tertiary/aromatic N) is 1. The van der Waals surface area contributed by atoms with Gasteiger partial charge in [0.25, 0.3) is 5.91 Å². The van der Waals surface area contributed by atoms with Crippen molar-refractivity contribution in [2.75, 3.05) is 11.1 Å². The number of hydrogen-bond donors (Lipinski definition) is 2. The van der Waals surface area contributed by atoms with Gasteiger partial charge in [0, 0.05) is 11.3 Å². The number of nitrogen functional groups attached to an aromatic ring is 1. The summed E-state index contributed by atoms with van der Waals surface area (Å²) in [6.07, 6.45) is 0. The van der Waals surface area contributed by atoms with E-state index in [-0.39, 0.29) is 11.7 Å². The van der Waals surface area contributed by atoms with Crippen molar-refractivity contribution < 1.29 is 9.18 Å². The molecule has 0 aliphatic rings. The molecule has 6 heteroatoms. The first-order chi connectivity index (χ1) is 10.6. The summed E-state index contributed by atoms with van der Waals surface area (Å²) in [5.74, 6) is -0.676. The third-order valence-corrected chi connectivity index (χ3v) is 3.88. The van der Waals surface area contributed by atoms with E-state index in [0.717, 1.165) is 16.9 Å². The Hall–Kier alpha value is -2.73. The number of carbonyl (C=O) groups is 1. The molecule has 0 bridgehead atoms. The maximum absolute atomic E-state index is 12.9. The maximum Gasteiger partial charge on any atom is 0.268 e. The Balaban J connectivity index is 1.91. The molecule has 0 atom stereocenters. The van der Waals surface area contributed by atoms with Crippen LogP contribution in [0.15, 0.2) is 54.6 Å². The standard InChI is InChI=1S/C16H12FN3OS/c17-11-6-8-12(9-7-11)19-15(21)14-13(20-16(18)22-14)10-4-2-1-3-5-10/h1-9H,(H2,18,20)(H,19,21). The summed E-state index contributed by atoms with van der Waals surface area (Å²) in [7, 11) is 0. The lowest BCUT2D eigenvalue weighted by Crippen LogP contribution is -2.11. The topological polar surface area (TPSA) is 68.0 Å². The van der Waals surface area contributed by atoms with Gasteiger partial charge in [-0.25, -0.2) is 9.37 Å². The van der Waals surface area contributed by atoms with Crippen LogP contribution in [0.3, 0.4) is 0 Å². The van der Waals surface area contributed by atoms with Crippen molar-refractivity contribution in [3.63, 3.8) is 0 Å². The van der Waals surface area contributed by atoms with Gasteiger partial charge in [-0.2, -0.15) is 0 Å². The summed E-state index contributed by atoms with van der Waals surface area (Å²) in [6.45, 7) is 0. The van der Waals surface area contributed by atoms with Gasteiger partial charge in [-0.15, -0.1) is 0 Å². The summed E-state index contributed by atoms with van der Waals surface area (Å²) in [5.41, 5.74) is 7.62. The van der Waals surface area contributed by atoms with Gasteiger partial charge in [-0.3, -0.25) is 4.79 Å². The van der Waals surface area contributed by atoms with Crippen molar-refractivity contribution in [2.45, 2.75) is 0 Å². The number of carbonyl (C=O) groups excluding carboxylic acids is 1. The Morgan fingerprint density at radius 2 is 1.77 bits per heavy atom. The summed E-state index contributed by atoms with van der Waals surface area (Å²) in [6, 6.07) is 14.9. The van der Waals surface area contributed by atoms with Crippen molar-refractivity contribution >= 4 is 28.1 Å². The number of halogens is 1. The molecule has 1 aromatic heterocycles. The second kappa shape index (κ2) is 5.95. The Morgan fingerprint density at radius 3 is 2.45 bits per heavy atom. The zero-order valence-corrected chi connectivity index (χ0v) is 12.2. The predicted molar refractivity (Wildman–Crippen MR) is 86.3 cm³/mol. The van der Waals surface area contributed by atoms with Gasteiger partial charge >= 0.3 is 0 Å². The molecule has 0 fully saturated rings. The lowest BCUT2D eigenvalue weighted by molar-refractivity contribution is 0.103. The molecule has 0 aliphatic heterocycles. The highest BCUT2D eigenvalue weighted by molar-refractivity contribution is 7.17. The molecule has 0 saturated carbocycles. The molecule has 1 heterocycles. The van der Waals surface area contributed by atoms with Crippen LogP contribution >= 0.6 is 11.3 Å². The lowest BCUT2D eigenvalue weighted by Gasteiger charge is -2.05. The molecule has 110 valence electrons. The molecule has 22 heavy (non-hydrogen) atoms. The average molecular weight is 313 g/mol. The molecule has 3 N–H and O–H groups in total. The minimum atomic E-state index is -0.356. The lowest BCUT2D eigenvalue weighted by atomic mass is 10.1. The second-order valence-corrected chi connectivity index (χ2v) is 5.59. The summed E-state index contributed by atoms with van der Waals surface area (Å²) in [4.78, 5) is 17.1. The van der Waals surface area contributed by atoms with E-state index < -0.39 is 0 Å². The van der Waals surface area contributed by atoms with Crippen LogP contribution in [0.5, 0.6) is 0 Å². The molecular formula is C16H12FN3OS. The zero-order chi connectivity index (χ0) is 15.5. The van der Waals surface area contributed by atoms with Gasteiger partial charge in [-0.05, 0) is 24.3 Å². The van der Waals surface area contributed by atoms with E-state index in [1.165, 1.54) is 24.3 Å². The molecule has 0 radical (unpaired) electrons. The Labute approximate surface area is 130 Å². The molecule has 0 saturated heterocycles. The number of amides is 1. The fraction of sp³-hybridized carbons (Fsp3) is 0. The molecule has 3 aromatic rings. The van der Waals surface area contributed by atoms with E-state index in [1.54, 1.807) is 0 Å². The quantitative estimate of drug-likeness (QED) is 0.773. The summed E-state index contributed by atoms with van der Waals surface area (Å²) in [5, 5.41) is 3.04. The van der Waals surface area contributed by atoms with E-state index in [0.29, 0.717) is 21.4 Å². The van der Waals surface area contributed by atoms with Gasteiger partial charge in [0.15, 0.2) is 5.13 Å². The first-order valence-electron chi connectivity index (χ1n) is 6.52. The van der Waals surface area contributed by atoms with Crippen molar-refractivity contribution in [3.8, 4) is 11.3 Å². The van der Waals surface area contributed by atoms with Crippen LogP contribution in [0.25, 0.3) is 11.3 Å². The van der Waals surface area contributed by atoms with E-state index in [9.17, 15) is 9.18 Å². The van der Waals surface area contributed by atoms with E-state index in [1.807, 2.05) is 30.3 Å². The van der Waals surface area contributed by atoms with Crippen LogP contribution in [0.4, 0.5) is 15.2 Å². The van der Waals surface area contributed by atoms with Crippen LogP contribution in [0, 0.1) is 5.82 Å². The maximum atomic E-state index is 12.9. The molecule has 1 amide bonds. The van der Waals surface area contributed by atoms with Crippen molar-refractivity contribution in [1.82, 2.24) is 4.98 Å². The molecule has 3 rings (SSSR count). The molecule has 0 aliphatic carbocycles. The predicted octanol–water partition coefficient (Wildman–Crippen LogP) is 3.78. The average Bonchev–Trinajstić information content (AvgIpc) is 2.92. The zero-order valence-electron chi connectivity index (χ0n) is 11.4. The number of benzene rings is 2. The number of aromatic nitrogens is 1. The number of nitrogens with one attached hydrogen (secondary N) is 1. The minimum Gasteiger partial charge on any atom is -0.375 e. The van der Waals surface area contributed by atoms with Crippen LogP contribution in [-0.4, -0.2) is 10.9 Å². The fourth-order valence-corrected chi connectivity index (χ4v) is 2.75. The van der Waals surface area contributed by atoms with Crippen LogP contribution < -0.4 is 11.1 Å². The first-order valence-corrected chi connectivity index (χ1v) is 7.34. The van der Waals surface area contributed by atoms with E-state index in [4.69, 9.17) is 5.73 Å². The molecular weight excluding hydrogens is 301 g/mol. The highest BCUT2D eigenvalue weighted by Gasteiger charge is 2.18.